The highest BCUT2D eigenvalue weighted by Gasteiger charge is 2.31. The zero-order valence-electron chi connectivity index (χ0n) is 15.2. The molecule has 0 radical (unpaired) electrons. The van der Waals surface area contributed by atoms with Crippen molar-refractivity contribution >= 4 is 29.0 Å². The van der Waals surface area contributed by atoms with Gasteiger partial charge in [0.15, 0.2) is 0 Å². The van der Waals surface area contributed by atoms with Gasteiger partial charge in [-0.2, -0.15) is 5.10 Å². The number of hydrogen-bond donors (Lipinski definition) is 3. The van der Waals surface area contributed by atoms with E-state index in [0.29, 0.717) is 23.6 Å². The Morgan fingerprint density at radius 2 is 2.14 bits per heavy atom. The number of carbonyl (C=O) groups is 1. The van der Waals surface area contributed by atoms with Crippen LogP contribution in [0.5, 0.6) is 0 Å². The van der Waals surface area contributed by atoms with Crippen LogP contribution in [0, 0.1) is 5.82 Å². The van der Waals surface area contributed by atoms with Gasteiger partial charge in [-0.25, -0.2) is 9.07 Å². The topological polar surface area (TPSA) is 85.0 Å². The van der Waals surface area contributed by atoms with Crippen LogP contribution in [0.15, 0.2) is 42.5 Å². The molecule has 0 fully saturated rings. The van der Waals surface area contributed by atoms with E-state index in [2.05, 4.69) is 10.6 Å². The fraction of sp³-hybridized carbons (Fsp3) is 0.200. The number of primary amides is 1. The smallest absolute Gasteiger partial charge is 0.254 e. The summed E-state index contributed by atoms with van der Waals surface area (Å²) in [5.74, 6) is -0.578. The number of rotatable bonds is 4. The number of fused-ring (bicyclic) bond motifs is 1. The van der Waals surface area contributed by atoms with E-state index in [-0.39, 0.29) is 16.6 Å². The SMILES string of the molecule is CNc1ccccc1C1CCNc2c(C(N)=O)c(-c3ccc(F)c(Cl)c3)nn21. The Labute approximate surface area is 166 Å². The third-order valence-corrected chi connectivity index (χ3v) is 5.23. The van der Waals surface area contributed by atoms with Gasteiger partial charge >= 0.3 is 0 Å². The normalized spacial score (nSPS) is 15.6. The predicted molar refractivity (Wildman–Crippen MR) is 108 cm³/mol. The second-order valence-electron chi connectivity index (χ2n) is 6.58. The summed E-state index contributed by atoms with van der Waals surface area (Å²) in [6.45, 7) is 0.665. The maximum atomic E-state index is 13.6. The Hall–Kier alpha value is -3.06. The molecule has 144 valence electrons. The maximum absolute atomic E-state index is 13.6. The first-order chi connectivity index (χ1) is 13.5. The van der Waals surface area contributed by atoms with Crippen molar-refractivity contribution in [2.45, 2.75) is 12.5 Å². The monoisotopic (exact) mass is 399 g/mol. The molecule has 28 heavy (non-hydrogen) atoms. The predicted octanol–water partition coefficient (Wildman–Crippen LogP) is 3.89. The van der Waals surface area contributed by atoms with E-state index in [4.69, 9.17) is 22.4 Å². The standard InChI is InChI=1S/C20H19ClFN5O/c1-24-15-5-3-2-4-12(15)16-8-9-25-20-17(19(23)28)18(26-27(16)20)11-6-7-14(22)13(21)10-11/h2-7,10,16,24-25H,8-9H2,1H3,(H2,23,28). The van der Waals surface area contributed by atoms with Gasteiger partial charge in [0, 0.05) is 24.8 Å². The summed E-state index contributed by atoms with van der Waals surface area (Å²) in [6.07, 6.45) is 0.787. The first-order valence-electron chi connectivity index (χ1n) is 8.89. The van der Waals surface area contributed by atoms with Gasteiger partial charge in [-0.15, -0.1) is 0 Å². The third-order valence-electron chi connectivity index (χ3n) is 4.94. The molecule has 0 aliphatic carbocycles. The molecule has 0 saturated carbocycles. The Morgan fingerprint density at radius 1 is 1.36 bits per heavy atom. The number of nitrogens with zero attached hydrogens (tertiary/aromatic N) is 2. The van der Waals surface area contributed by atoms with E-state index >= 15 is 0 Å². The number of hydrogen-bond acceptors (Lipinski definition) is 4. The average molecular weight is 400 g/mol. The van der Waals surface area contributed by atoms with Gasteiger partial charge in [0.2, 0.25) is 0 Å². The highest BCUT2D eigenvalue weighted by molar-refractivity contribution is 6.31. The largest absolute Gasteiger partial charge is 0.388 e. The zero-order valence-corrected chi connectivity index (χ0v) is 15.9. The summed E-state index contributed by atoms with van der Waals surface area (Å²) in [6, 6.07) is 12.1. The fourth-order valence-corrected chi connectivity index (χ4v) is 3.84. The summed E-state index contributed by atoms with van der Waals surface area (Å²) in [7, 11) is 1.87. The molecule has 0 bridgehead atoms. The van der Waals surface area contributed by atoms with Crippen molar-refractivity contribution in [3.05, 3.63) is 64.4 Å². The maximum Gasteiger partial charge on any atom is 0.254 e. The number of amides is 1. The van der Waals surface area contributed by atoms with Crippen LogP contribution in [0.25, 0.3) is 11.3 Å². The minimum Gasteiger partial charge on any atom is -0.388 e. The van der Waals surface area contributed by atoms with Crippen LogP contribution in [0.1, 0.15) is 28.4 Å². The lowest BCUT2D eigenvalue weighted by atomic mass is 10.00. The van der Waals surface area contributed by atoms with E-state index in [1.165, 1.54) is 12.1 Å². The van der Waals surface area contributed by atoms with Crippen LogP contribution in [0.4, 0.5) is 15.9 Å². The number of halogens is 2. The van der Waals surface area contributed by atoms with Crippen molar-refractivity contribution in [1.82, 2.24) is 9.78 Å². The third kappa shape index (κ3) is 2.97. The molecule has 1 atom stereocenters. The van der Waals surface area contributed by atoms with Gasteiger partial charge in [-0.3, -0.25) is 4.79 Å². The molecule has 1 aromatic heterocycles. The van der Waals surface area contributed by atoms with E-state index in [1.54, 1.807) is 10.7 Å². The minimum atomic E-state index is -0.605. The molecule has 2 heterocycles. The van der Waals surface area contributed by atoms with E-state index in [0.717, 1.165) is 17.7 Å². The van der Waals surface area contributed by atoms with Crippen LogP contribution in [0.2, 0.25) is 5.02 Å². The molecule has 4 rings (SSSR count). The number of para-hydroxylation sites is 1. The summed E-state index contributed by atoms with van der Waals surface area (Å²) in [4.78, 5) is 12.3. The number of aromatic nitrogens is 2. The van der Waals surface area contributed by atoms with Crippen LogP contribution < -0.4 is 16.4 Å². The molecule has 3 aromatic rings. The first kappa shape index (κ1) is 18.3. The lowest BCUT2D eigenvalue weighted by Gasteiger charge is -2.27. The van der Waals surface area contributed by atoms with Gasteiger partial charge in [-0.1, -0.05) is 29.8 Å². The molecule has 0 spiro atoms. The van der Waals surface area contributed by atoms with Crippen LogP contribution >= 0.6 is 11.6 Å². The number of nitrogens with one attached hydrogen (secondary N) is 2. The van der Waals surface area contributed by atoms with Crippen molar-refractivity contribution in [3.8, 4) is 11.3 Å². The Kier molecular flexibility index (Phi) is 4.68. The molecular formula is C20H19ClFN5O. The molecule has 1 unspecified atom stereocenters. The van der Waals surface area contributed by atoms with E-state index in [1.807, 2.05) is 31.3 Å². The second-order valence-corrected chi connectivity index (χ2v) is 6.99. The lowest BCUT2D eigenvalue weighted by Crippen LogP contribution is -2.26. The summed E-state index contributed by atoms with van der Waals surface area (Å²) >= 11 is 5.94. The minimum absolute atomic E-state index is 0.0380. The lowest BCUT2D eigenvalue weighted by molar-refractivity contribution is 0.100. The van der Waals surface area contributed by atoms with Crippen molar-refractivity contribution < 1.29 is 9.18 Å². The van der Waals surface area contributed by atoms with Gasteiger partial charge in [0.1, 0.15) is 22.9 Å². The molecular weight excluding hydrogens is 381 g/mol. The van der Waals surface area contributed by atoms with Gasteiger partial charge in [-0.05, 0) is 36.2 Å². The average Bonchev–Trinajstić information content (AvgIpc) is 3.10. The van der Waals surface area contributed by atoms with Crippen LogP contribution in [-0.2, 0) is 0 Å². The zero-order chi connectivity index (χ0) is 19.8. The van der Waals surface area contributed by atoms with Crippen LogP contribution in [0.3, 0.4) is 0 Å². The van der Waals surface area contributed by atoms with Gasteiger partial charge in [0.05, 0.1) is 11.1 Å². The molecule has 1 aliphatic rings. The quantitative estimate of drug-likeness (QED) is 0.621. The highest BCUT2D eigenvalue weighted by Crippen LogP contribution is 2.39. The second kappa shape index (κ2) is 7.16. The van der Waals surface area contributed by atoms with Crippen molar-refractivity contribution in [1.29, 1.82) is 0 Å². The highest BCUT2D eigenvalue weighted by atomic mass is 35.5. The van der Waals surface area contributed by atoms with Crippen molar-refractivity contribution in [2.75, 3.05) is 24.2 Å². The molecule has 1 amide bonds. The van der Waals surface area contributed by atoms with Gasteiger partial charge < -0.3 is 16.4 Å². The summed E-state index contributed by atoms with van der Waals surface area (Å²) in [5.41, 5.74) is 8.92. The first-order valence-corrected chi connectivity index (χ1v) is 9.27. The Bertz CT molecular complexity index is 1060. The molecule has 0 saturated heterocycles. The van der Waals surface area contributed by atoms with E-state index in [9.17, 15) is 9.18 Å². The molecule has 1 aliphatic heterocycles. The Balaban J connectivity index is 1.91. The molecule has 4 N–H and O–H groups in total. The number of nitrogens with two attached hydrogens (primary N) is 1. The van der Waals surface area contributed by atoms with E-state index < -0.39 is 11.7 Å². The fourth-order valence-electron chi connectivity index (χ4n) is 3.66. The molecule has 2 aromatic carbocycles. The number of carbonyl (C=O) groups excluding carboxylic acids is 1. The summed E-state index contributed by atoms with van der Waals surface area (Å²) in [5, 5.41) is 11.1. The number of anilines is 2. The number of benzene rings is 2. The van der Waals surface area contributed by atoms with Gasteiger partial charge in [0.25, 0.3) is 5.91 Å². The van der Waals surface area contributed by atoms with Crippen LogP contribution in [-0.4, -0.2) is 29.3 Å². The summed E-state index contributed by atoms with van der Waals surface area (Å²) < 4.78 is 15.4. The van der Waals surface area contributed by atoms with Crippen molar-refractivity contribution in [2.24, 2.45) is 5.73 Å². The molecule has 8 heteroatoms. The van der Waals surface area contributed by atoms with Crippen molar-refractivity contribution in [3.63, 3.8) is 0 Å². The Morgan fingerprint density at radius 3 is 2.86 bits per heavy atom. The molecule has 6 nitrogen and oxygen atoms in total.